The first-order valence-corrected chi connectivity index (χ1v) is 8.98. The largest absolute Gasteiger partial charge is 0.352 e. The quantitative estimate of drug-likeness (QED) is 0.770. The second-order valence-corrected chi connectivity index (χ2v) is 8.01. The highest BCUT2D eigenvalue weighted by Crippen LogP contribution is 2.11. The number of rotatable bonds is 7. The van der Waals surface area contributed by atoms with Crippen LogP contribution in [0.5, 0.6) is 0 Å². The van der Waals surface area contributed by atoms with Gasteiger partial charge in [0, 0.05) is 23.6 Å². The molecule has 3 N–H and O–H groups in total. The van der Waals surface area contributed by atoms with Crippen LogP contribution in [0.4, 0.5) is 0 Å². The van der Waals surface area contributed by atoms with E-state index in [1.54, 1.807) is 11.3 Å². The molecule has 0 aromatic carbocycles. The van der Waals surface area contributed by atoms with Gasteiger partial charge < -0.3 is 11.1 Å². The van der Waals surface area contributed by atoms with E-state index in [9.17, 15) is 13.2 Å². The minimum Gasteiger partial charge on any atom is -0.352 e. The zero-order chi connectivity index (χ0) is 14.5. The van der Waals surface area contributed by atoms with Gasteiger partial charge in [-0.25, -0.2) is 8.42 Å². The maximum Gasteiger partial charge on any atom is 0.237 e. The smallest absolute Gasteiger partial charge is 0.237 e. The molecule has 1 aromatic heterocycles. The maximum absolute atomic E-state index is 11.8. The summed E-state index contributed by atoms with van der Waals surface area (Å²) in [6, 6.07) is 3.18. The van der Waals surface area contributed by atoms with Crippen LogP contribution >= 0.6 is 11.3 Å². The Bertz CT molecular complexity index is 497. The van der Waals surface area contributed by atoms with Crippen LogP contribution in [0.2, 0.25) is 0 Å². The molecule has 5 nitrogen and oxygen atoms in total. The van der Waals surface area contributed by atoms with Crippen LogP contribution in [0.1, 0.15) is 18.2 Å². The number of carbonyl (C=O) groups excluding carboxylic acids is 1. The molecule has 2 atom stereocenters. The fourth-order valence-corrected chi connectivity index (χ4v) is 3.12. The van der Waals surface area contributed by atoms with Crippen molar-refractivity contribution in [1.82, 2.24) is 5.32 Å². The Balaban J connectivity index is 2.37. The standard InChI is InChI=1S/C12H20N2O3S2/c1-9(8-10-4-3-6-18-10)14-12(15)11(13)5-7-19(2,16)17/h3-4,6,9,11H,5,7-8,13H2,1-2H3,(H,14,15). The summed E-state index contributed by atoms with van der Waals surface area (Å²) in [4.78, 5) is 13.0. The van der Waals surface area contributed by atoms with E-state index in [4.69, 9.17) is 5.73 Å². The van der Waals surface area contributed by atoms with E-state index < -0.39 is 15.9 Å². The second-order valence-electron chi connectivity index (χ2n) is 4.72. The molecule has 108 valence electrons. The molecule has 0 fully saturated rings. The highest BCUT2D eigenvalue weighted by Gasteiger charge is 2.17. The van der Waals surface area contributed by atoms with E-state index in [0.717, 1.165) is 12.7 Å². The van der Waals surface area contributed by atoms with Gasteiger partial charge in [-0.2, -0.15) is 0 Å². The lowest BCUT2D eigenvalue weighted by Gasteiger charge is -2.16. The minimum absolute atomic E-state index is 0.0181. The Morgan fingerprint density at radius 1 is 1.53 bits per heavy atom. The number of sulfone groups is 1. The molecule has 7 heteroatoms. The van der Waals surface area contributed by atoms with E-state index in [0.29, 0.717) is 0 Å². The number of nitrogens with one attached hydrogen (secondary N) is 1. The summed E-state index contributed by atoms with van der Waals surface area (Å²) in [7, 11) is -3.08. The van der Waals surface area contributed by atoms with Gasteiger partial charge in [0.2, 0.25) is 5.91 Å². The van der Waals surface area contributed by atoms with Crippen LogP contribution in [-0.4, -0.2) is 38.4 Å². The van der Waals surface area contributed by atoms with Crippen molar-refractivity contribution >= 4 is 27.1 Å². The second kappa shape index (κ2) is 7.02. The summed E-state index contributed by atoms with van der Waals surface area (Å²) in [5.74, 6) is -0.367. The van der Waals surface area contributed by atoms with E-state index in [1.807, 2.05) is 24.4 Å². The zero-order valence-corrected chi connectivity index (χ0v) is 12.8. The average molecular weight is 304 g/mol. The molecular weight excluding hydrogens is 284 g/mol. The number of hydrogen-bond donors (Lipinski definition) is 2. The molecule has 1 aromatic rings. The molecule has 0 aliphatic carbocycles. The first kappa shape index (κ1) is 16.1. The van der Waals surface area contributed by atoms with Crippen LogP contribution in [0.3, 0.4) is 0 Å². The van der Waals surface area contributed by atoms with Gasteiger partial charge in [-0.1, -0.05) is 6.07 Å². The number of carbonyl (C=O) groups is 1. The molecule has 1 heterocycles. The van der Waals surface area contributed by atoms with Crippen LogP contribution < -0.4 is 11.1 Å². The van der Waals surface area contributed by atoms with Gasteiger partial charge in [-0.15, -0.1) is 11.3 Å². The van der Waals surface area contributed by atoms with Crippen molar-refractivity contribution in [2.24, 2.45) is 5.73 Å². The van der Waals surface area contributed by atoms with Crippen molar-refractivity contribution in [1.29, 1.82) is 0 Å². The zero-order valence-electron chi connectivity index (χ0n) is 11.1. The number of amides is 1. The minimum atomic E-state index is -3.08. The van der Waals surface area contributed by atoms with Crippen molar-refractivity contribution in [3.05, 3.63) is 22.4 Å². The Hall–Kier alpha value is -0.920. The van der Waals surface area contributed by atoms with Crippen molar-refractivity contribution < 1.29 is 13.2 Å². The molecule has 2 unspecified atom stereocenters. The van der Waals surface area contributed by atoms with Gasteiger partial charge >= 0.3 is 0 Å². The Morgan fingerprint density at radius 2 is 2.21 bits per heavy atom. The van der Waals surface area contributed by atoms with Crippen molar-refractivity contribution in [2.45, 2.75) is 31.8 Å². The molecule has 0 spiro atoms. The van der Waals surface area contributed by atoms with Gasteiger partial charge in [0.1, 0.15) is 9.84 Å². The van der Waals surface area contributed by atoms with E-state index in [1.165, 1.54) is 4.88 Å². The Kier molecular flexibility index (Phi) is 5.96. The van der Waals surface area contributed by atoms with Crippen molar-refractivity contribution in [2.75, 3.05) is 12.0 Å². The van der Waals surface area contributed by atoms with Gasteiger partial charge in [0.25, 0.3) is 0 Å². The van der Waals surface area contributed by atoms with Gasteiger partial charge in [-0.3, -0.25) is 4.79 Å². The predicted molar refractivity (Wildman–Crippen MR) is 77.9 cm³/mol. The third kappa shape index (κ3) is 6.70. The van der Waals surface area contributed by atoms with Crippen LogP contribution in [0, 0.1) is 0 Å². The summed E-state index contributed by atoms with van der Waals surface area (Å²) in [6.07, 6.45) is 2.04. The number of thiophene rings is 1. The van der Waals surface area contributed by atoms with E-state index in [-0.39, 0.29) is 24.1 Å². The first-order valence-electron chi connectivity index (χ1n) is 6.04. The molecule has 0 radical (unpaired) electrons. The molecule has 1 amide bonds. The fourth-order valence-electron chi connectivity index (χ4n) is 1.60. The molecule has 0 bridgehead atoms. The van der Waals surface area contributed by atoms with Crippen molar-refractivity contribution in [3.8, 4) is 0 Å². The maximum atomic E-state index is 11.8. The number of hydrogen-bond acceptors (Lipinski definition) is 5. The molecule has 19 heavy (non-hydrogen) atoms. The molecule has 0 aliphatic heterocycles. The monoisotopic (exact) mass is 304 g/mol. The lowest BCUT2D eigenvalue weighted by molar-refractivity contribution is -0.122. The van der Waals surface area contributed by atoms with Gasteiger partial charge in [0.05, 0.1) is 11.8 Å². The molecule has 0 saturated carbocycles. The van der Waals surface area contributed by atoms with Gasteiger partial charge in [-0.05, 0) is 24.8 Å². The lowest BCUT2D eigenvalue weighted by Crippen LogP contribution is -2.45. The van der Waals surface area contributed by atoms with E-state index >= 15 is 0 Å². The third-order valence-corrected chi connectivity index (χ3v) is 4.49. The molecule has 0 aliphatic rings. The van der Waals surface area contributed by atoms with Crippen LogP contribution in [-0.2, 0) is 21.1 Å². The fraction of sp³-hybridized carbons (Fsp3) is 0.583. The SMILES string of the molecule is CC(Cc1cccs1)NC(=O)C(N)CCS(C)(=O)=O. The number of nitrogens with two attached hydrogens (primary N) is 1. The molecule has 1 rings (SSSR count). The highest BCUT2D eigenvalue weighted by molar-refractivity contribution is 7.90. The average Bonchev–Trinajstić information content (AvgIpc) is 2.77. The summed E-state index contributed by atoms with van der Waals surface area (Å²) in [6.45, 7) is 1.90. The first-order chi connectivity index (χ1) is 8.78. The molecular formula is C12H20N2O3S2. The van der Waals surface area contributed by atoms with Crippen LogP contribution in [0.25, 0.3) is 0 Å². The van der Waals surface area contributed by atoms with E-state index in [2.05, 4.69) is 5.32 Å². The third-order valence-electron chi connectivity index (χ3n) is 2.61. The molecule has 0 saturated heterocycles. The Labute approximate surface area is 118 Å². The van der Waals surface area contributed by atoms with Crippen molar-refractivity contribution in [3.63, 3.8) is 0 Å². The van der Waals surface area contributed by atoms with Crippen LogP contribution in [0.15, 0.2) is 17.5 Å². The highest BCUT2D eigenvalue weighted by atomic mass is 32.2. The Morgan fingerprint density at radius 3 is 2.74 bits per heavy atom. The summed E-state index contributed by atoms with van der Waals surface area (Å²) in [5, 5.41) is 4.79. The van der Waals surface area contributed by atoms with Gasteiger partial charge in [0.15, 0.2) is 0 Å². The summed E-state index contributed by atoms with van der Waals surface area (Å²) < 4.78 is 22.0. The predicted octanol–water partition coefficient (Wildman–Crippen LogP) is 0.557. The summed E-state index contributed by atoms with van der Waals surface area (Å²) in [5.41, 5.74) is 5.67. The normalized spacial score (nSPS) is 14.9. The topological polar surface area (TPSA) is 89.3 Å². The summed E-state index contributed by atoms with van der Waals surface area (Å²) >= 11 is 1.64. The lowest BCUT2D eigenvalue weighted by atomic mass is 10.1.